The van der Waals surface area contributed by atoms with Gasteiger partial charge in [0.05, 0.1) is 24.9 Å². The predicted octanol–water partition coefficient (Wildman–Crippen LogP) is 3.35. The topological polar surface area (TPSA) is 172 Å². The van der Waals surface area contributed by atoms with Crippen LogP contribution in [0.1, 0.15) is 106 Å². The fourth-order valence-corrected chi connectivity index (χ4v) is 11.1. The summed E-state index contributed by atoms with van der Waals surface area (Å²) in [6.45, 7) is 11.9. The number of aliphatic hydroxyl groups is 5. The molecular formula is C37H62O11. The Kier molecular flexibility index (Phi) is 11.9. The number of carbonyl (C=O) groups is 2. The number of rotatable bonds is 11. The molecule has 5 N–H and O–H groups in total. The number of fused-ring (bicyclic) bond motifs is 5. The predicted molar refractivity (Wildman–Crippen MR) is 175 cm³/mol. The molecule has 0 radical (unpaired) electrons. The first-order chi connectivity index (χ1) is 22.6. The van der Waals surface area contributed by atoms with Crippen LogP contribution in [-0.2, 0) is 28.5 Å². The van der Waals surface area contributed by atoms with Gasteiger partial charge in [0.1, 0.15) is 31.0 Å². The minimum absolute atomic E-state index is 0.0718. The Morgan fingerprint density at radius 3 is 2.25 bits per heavy atom. The fourth-order valence-electron chi connectivity index (χ4n) is 11.1. The molecule has 0 bridgehead atoms. The maximum atomic E-state index is 12.1. The Bertz CT molecular complexity index is 1120. The van der Waals surface area contributed by atoms with Crippen molar-refractivity contribution in [3.05, 3.63) is 0 Å². The van der Waals surface area contributed by atoms with E-state index in [2.05, 4.69) is 27.7 Å². The molecule has 5 fully saturated rings. The molecule has 11 nitrogen and oxygen atoms in total. The highest BCUT2D eigenvalue weighted by atomic mass is 16.7. The van der Waals surface area contributed by atoms with Gasteiger partial charge in [0.15, 0.2) is 6.29 Å². The van der Waals surface area contributed by atoms with Crippen LogP contribution in [0.5, 0.6) is 0 Å². The molecule has 5 rings (SSSR count). The second kappa shape index (κ2) is 15.1. The van der Waals surface area contributed by atoms with E-state index in [-0.39, 0.29) is 53.2 Å². The summed E-state index contributed by atoms with van der Waals surface area (Å²) < 4.78 is 23.0. The molecule has 11 heteroatoms. The first kappa shape index (κ1) is 37.9. The molecule has 4 aliphatic carbocycles. The molecular weight excluding hydrogens is 620 g/mol. The van der Waals surface area contributed by atoms with Crippen LogP contribution >= 0.6 is 0 Å². The van der Waals surface area contributed by atoms with Crippen LogP contribution in [0, 0.1) is 52.3 Å². The average molecular weight is 683 g/mol. The number of ether oxygens (including phenoxy) is 4. The fraction of sp³-hybridized carbons (Fsp3) is 0.946. The zero-order chi connectivity index (χ0) is 35.1. The van der Waals surface area contributed by atoms with Crippen LogP contribution < -0.4 is 0 Å². The van der Waals surface area contributed by atoms with Gasteiger partial charge in [0.25, 0.3) is 0 Å². The van der Waals surface area contributed by atoms with Crippen molar-refractivity contribution < 1.29 is 54.1 Å². The Morgan fingerprint density at radius 2 is 1.56 bits per heavy atom. The van der Waals surface area contributed by atoms with Crippen LogP contribution in [0.25, 0.3) is 0 Å². The van der Waals surface area contributed by atoms with Gasteiger partial charge in [-0.25, -0.2) is 0 Å². The molecule has 5 aliphatic rings. The van der Waals surface area contributed by atoms with Gasteiger partial charge in [-0.1, -0.05) is 40.5 Å². The highest BCUT2D eigenvalue weighted by molar-refractivity contribution is 5.66. The lowest BCUT2D eigenvalue weighted by atomic mass is 9.43. The van der Waals surface area contributed by atoms with Gasteiger partial charge in [-0.2, -0.15) is 0 Å². The van der Waals surface area contributed by atoms with E-state index in [1.165, 1.54) is 13.8 Å². The summed E-state index contributed by atoms with van der Waals surface area (Å²) in [7, 11) is 0. The SMILES string of the molecule is CC(=O)OC[C@H](C)CCC[C@@H](C)[C@H]1CCC2C3C(C[C@H](O)[C@@]21C)[C@@]1(C)CC[C@@H](O)C[C@H]1C[C@H]3O[C@@H]1O[C@H](COC(C)=O)[C@H](O)[C@H](O)[C@H]1O. The molecule has 0 aromatic rings. The smallest absolute Gasteiger partial charge is 0.302 e. The molecule has 3 unspecified atom stereocenters. The molecule has 1 heterocycles. The monoisotopic (exact) mass is 682 g/mol. The van der Waals surface area contributed by atoms with E-state index in [4.69, 9.17) is 18.9 Å². The maximum Gasteiger partial charge on any atom is 0.302 e. The van der Waals surface area contributed by atoms with Crippen molar-refractivity contribution in [3.8, 4) is 0 Å². The summed E-state index contributed by atoms with van der Waals surface area (Å²) in [5, 5.41) is 55.3. The Morgan fingerprint density at radius 1 is 0.854 bits per heavy atom. The van der Waals surface area contributed by atoms with E-state index in [0.717, 1.165) is 44.9 Å². The summed E-state index contributed by atoms with van der Waals surface area (Å²) in [5.41, 5.74) is -0.407. The normalized spacial score (nSPS) is 46.9. The van der Waals surface area contributed by atoms with E-state index >= 15 is 0 Å². The second-order valence-electron chi connectivity index (χ2n) is 16.8. The first-order valence-corrected chi connectivity index (χ1v) is 18.6. The number of esters is 2. The van der Waals surface area contributed by atoms with Crippen molar-refractivity contribution in [3.63, 3.8) is 0 Å². The van der Waals surface area contributed by atoms with Crippen molar-refractivity contribution >= 4 is 11.9 Å². The molecule has 0 aromatic heterocycles. The summed E-state index contributed by atoms with van der Waals surface area (Å²) in [6, 6.07) is 0. The third kappa shape index (κ3) is 7.34. The lowest BCUT2D eigenvalue weighted by Crippen LogP contribution is -2.65. The van der Waals surface area contributed by atoms with Crippen LogP contribution in [0.3, 0.4) is 0 Å². The van der Waals surface area contributed by atoms with E-state index in [0.29, 0.717) is 43.6 Å². The third-order valence-corrected chi connectivity index (χ3v) is 13.9. The van der Waals surface area contributed by atoms with Crippen molar-refractivity contribution in [1.82, 2.24) is 0 Å². The molecule has 0 amide bonds. The van der Waals surface area contributed by atoms with E-state index in [1.807, 2.05) is 0 Å². The minimum atomic E-state index is -1.54. The number of hydrogen-bond acceptors (Lipinski definition) is 11. The molecule has 4 saturated carbocycles. The molecule has 0 aromatic carbocycles. The largest absolute Gasteiger partial charge is 0.466 e. The van der Waals surface area contributed by atoms with Crippen LogP contribution in [0.2, 0.25) is 0 Å². The quantitative estimate of drug-likeness (QED) is 0.160. The zero-order valence-electron chi connectivity index (χ0n) is 29.8. The van der Waals surface area contributed by atoms with Gasteiger partial charge in [-0.05, 0) is 104 Å². The van der Waals surface area contributed by atoms with Crippen LogP contribution in [0.15, 0.2) is 0 Å². The van der Waals surface area contributed by atoms with Gasteiger partial charge in [0, 0.05) is 13.8 Å². The number of carbonyl (C=O) groups excluding carboxylic acids is 2. The highest BCUT2D eigenvalue weighted by Crippen LogP contribution is 2.69. The van der Waals surface area contributed by atoms with Gasteiger partial charge >= 0.3 is 11.9 Å². The standard InChI is InChI=1S/C37H62O11/c1-19(17-45-21(3)38)8-7-9-20(2)25-10-11-26-31-27(16-30(41)37(25,26)6)36(5)13-12-24(40)14-23(36)15-28(31)47-35-34(44)33(43)32(42)29(48-35)18-46-22(4)39/h19-20,23-35,40-44H,7-18H2,1-6H3/t19-,20-,23+,24-,25-,26?,27?,28-,29-,30+,31?,32+,33+,34-,35-,36+,37-/m1/s1. The third-order valence-electron chi connectivity index (χ3n) is 13.9. The van der Waals surface area contributed by atoms with E-state index in [1.54, 1.807) is 0 Å². The zero-order valence-corrected chi connectivity index (χ0v) is 29.8. The van der Waals surface area contributed by atoms with Crippen molar-refractivity contribution in [2.24, 2.45) is 52.3 Å². The van der Waals surface area contributed by atoms with Gasteiger partial charge in [0.2, 0.25) is 0 Å². The lowest BCUT2D eigenvalue weighted by Gasteiger charge is -2.64. The minimum Gasteiger partial charge on any atom is -0.466 e. The summed E-state index contributed by atoms with van der Waals surface area (Å²) in [5.74, 6) is 0.756. The Balaban J connectivity index is 1.37. The average Bonchev–Trinajstić information content (AvgIpc) is 3.39. The van der Waals surface area contributed by atoms with Crippen molar-refractivity contribution in [1.29, 1.82) is 0 Å². The number of hydrogen-bond donors (Lipinski definition) is 5. The first-order valence-electron chi connectivity index (χ1n) is 18.6. The van der Waals surface area contributed by atoms with Gasteiger partial charge in [-0.15, -0.1) is 0 Å². The molecule has 48 heavy (non-hydrogen) atoms. The summed E-state index contributed by atoms with van der Waals surface area (Å²) in [6.07, 6.45) is 0.538. The van der Waals surface area contributed by atoms with Gasteiger partial charge in [-0.3, -0.25) is 9.59 Å². The molecule has 1 saturated heterocycles. The Hall–Kier alpha value is -1.34. The van der Waals surface area contributed by atoms with Crippen molar-refractivity contribution in [2.45, 2.75) is 155 Å². The second-order valence-corrected chi connectivity index (χ2v) is 16.8. The van der Waals surface area contributed by atoms with Crippen LogP contribution in [-0.4, -0.2) is 99.7 Å². The summed E-state index contributed by atoms with van der Waals surface area (Å²) in [4.78, 5) is 22.7. The maximum absolute atomic E-state index is 12.1. The highest BCUT2D eigenvalue weighted by Gasteiger charge is 2.66. The van der Waals surface area contributed by atoms with E-state index in [9.17, 15) is 35.1 Å². The van der Waals surface area contributed by atoms with Crippen molar-refractivity contribution in [2.75, 3.05) is 13.2 Å². The number of aliphatic hydroxyl groups excluding tert-OH is 5. The molecule has 1 aliphatic heterocycles. The molecule has 0 spiro atoms. The van der Waals surface area contributed by atoms with E-state index < -0.39 is 48.9 Å². The lowest BCUT2D eigenvalue weighted by molar-refractivity contribution is -0.331. The van der Waals surface area contributed by atoms with Crippen LogP contribution in [0.4, 0.5) is 0 Å². The Labute approximate surface area is 286 Å². The molecule has 276 valence electrons. The summed E-state index contributed by atoms with van der Waals surface area (Å²) >= 11 is 0. The molecule has 17 atom stereocenters. The van der Waals surface area contributed by atoms with Gasteiger partial charge < -0.3 is 44.5 Å².